The second kappa shape index (κ2) is 5.01. The first-order valence-corrected chi connectivity index (χ1v) is 6.52. The molecule has 16 heavy (non-hydrogen) atoms. The first-order valence-electron chi connectivity index (χ1n) is 6.52. The Morgan fingerprint density at radius 1 is 1.25 bits per heavy atom. The van der Waals surface area contributed by atoms with Crippen molar-refractivity contribution in [3.8, 4) is 0 Å². The fraction of sp³-hybridized carbons (Fsp3) is 0.600. The number of hydrogen-bond donors (Lipinski definition) is 1. The minimum absolute atomic E-state index is 0.768. The van der Waals surface area contributed by atoms with E-state index in [0.29, 0.717) is 0 Å². The maximum Gasteiger partial charge on any atom is 0.00787 e. The Hall–Kier alpha value is -0.820. The van der Waals surface area contributed by atoms with Crippen molar-refractivity contribution < 1.29 is 0 Å². The quantitative estimate of drug-likeness (QED) is 0.813. The summed E-state index contributed by atoms with van der Waals surface area (Å²) in [6.07, 6.45) is 3.89. The van der Waals surface area contributed by atoms with Crippen molar-refractivity contribution in [2.75, 3.05) is 6.54 Å². The molecule has 1 fully saturated rings. The van der Waals surface area contributed by atoms with Gasteiger partial charge in [0.05, 0.1) is 0 Å². The van der Waals surface area contributed by atoms with Crippen LogP contribution in [0.5, 0.6) is 0 Å². The summed E-state index contributed by atoms with van der Waals surface area (Å²) in [6.45, 7) is 7.87. The summed E-state index contributed by atoms with van der Waals surface area (Å²) in [5, 5.41) is 3.60. The normalized spacial score (nSPS) is 24.2. The van der Waals surface area contributed by atoms with Crippen LogP contribution in [0.25, 0.3) is 0 Å². The van der Waals surface area contributed by atoms with Crippen molar-refractivity contribution in [2.45, 2.75) is 52.0 Å². The maximum absolute atomic E-state index is 3.60. The van der Waals surface area contributed by atoms with Crippen molar-refractivity contribution in [3.63, 3.8) is 0 Å². The van der Waals surface area contributed by atoms with Gasteiger partial charge in [-0.1, -0.05) is 25.1 Å². The number of aryl methyl sites for hydroxylation is 1. The van der Waals surface area contributed by atoms with Crippen LogP contribution < -0.4 is 5.32 Å². The second-order valence-corrected chi connectivity index (χ2v) is 5.11. The Kier molecular flexibility index (Phi) is 3.65. The molecule has 1 saturated carbocycles. The average Bonchev–Trinajstić information content (AvgIpc) is 2.22. The number of benzene rings is 1. The molecule has 0 bridgehead atoms. The molecule has 0 saturated heterocycles. The summed E-state index contributed by atoms with van der Waals surface area (Å²) in [7, 11) is 0. The van der Waals surface area contributed by atoms with Crippen LogP contribution in [-0.2, 0) is 0 Å². The van der Waals surface area contributed by atoms with Crippen molar-refractivity contribution >= 4 is 0 Å². The highest BCUT2D eigenvalue weighted by Crippen LogP contribution is 2.38. The van der Waals surface area contributed by atoms with Crippen LogP contribution >= 0.6 is 0 Å². The van der Waals surface area contributed by atoms with Gasteiger partial charge in [0.1, 0.15) is 0 Å². The lowest BCUT2D eigenvalue weighted by Crippen LogP contribution is -2.40. The summed E-state index contributed by atoms with van der Waals surface area (Å²) in [6, 6.07) is 7.49. The zero-order valence-electron chi connectivity index (χ0n) is 10.7. The molecule has 1 nitrogen and oxygen atoms in total. The van der Waals surface area contributed by atoms with E-state index in [0.717, 1.165) is 12.0 Å². The molecule has 0 aromatic heterocycles. The van der Waals surface area contributed by atoms with E-state index in [4.69, 9.17) is 0 Å². The smallest absolute Gasteiger partial charge is 0.00787 e. The fourth-order valence-corrected chi connectivity index (χ4v) is 2.60. The Bertz CT molecular complexity index is 350. The van der Waals surface area contributed by atoms with Gasteiger partial charge in [-0.3, -0.25) is 0 Å². The van der Waals surface area contributed by atoms with Gasteiger partial charge in [-0.15, -0.1) is 0 Å². The summed E-state index contributed by atoms with van der Waals surface area (Å²) in [4.78, 5) is 0. The van der Waals surface area contributed by atoms with Crippen LogP contribution in [0, 0.1) is 13.8 Å². The molecule has 0 unspecified atom stereocenters. The summed E-state index contributed by atoms with van der Waals surface area (Å²) < 4.78 is 0. The van der Waals surface area contributed by atoms with Gasteiger partial charge in [-0.2, -0.15) is 0 Å². The van der Waals surface area contributed by atoms with Crippen molar-refractivity contribution in [1.29, 1.82) is 0 Å². The molecule has 88 valence electrons. The lowest BCUT2D eigenvalue weighted by atomic mass is 9.74. The fourth-order valence-electron chi connectivity index (χ4n) is 2.60. The van der Waals surface area contributed by atoms with Crippen LogP contribution in [0.2, 0.25) is 0 Å². The molecular formula is C15H23N. The van der Waals surface area contributed by atoms with E-state index in [-0.39, 0.29) is 0 Å². The van der Waals surface area contributed by atoms with E-state index in [9.17, 15) is 0 Å². The standard InChI is InChI=1S/C15H23N/c1-4-8-16-14-9-13(10-14)15-7-5-6-11(2)12(15)3/h5-7,13-14,16H,4,8-10H2,1-3H3. The van der Waals surface area contributed by atoms with Gasteiger partial charge < -0.3 is 5.32 Å². The second-order valence-electron chi connectivity index (χ2n) is 5.11. The maximum atomic E-state index is 3.60. The molecule has 0 spiro atoms. The highest BCUT2D eigenvalue weighted by molar-refractivity contribution is 5.37. The van der Waals surface area contributed by atoms with Gasteiger partial charge in [-0.05, 0) is 62.3 Å². The van der Waals surface area contributed by atoms with Gasteiger partial charge >= 0.3 is 0 Å². The average molecular weight is 217 g/mol. The zero-order chi connectivity index (χ0) is 11.5. The van der Waals surface area contributed by atoms with Gasteiger partial charge in [0.25, 0.3) is 0 Å². The molecule has 0 amide bonds. The lowest BCUT2D eigenvalue weighted by Gasteiger charge is -2.37. The first kappa shape index (κ1) is 11.7. The molecule has 0 aliphatic heterocycles. The third-order valence-electron chi connectivity index (χ3n) is 3.91. The molecule has 0 radical (unpaired) electrons. The van der Waals surface area contributed by atoms with Crippen LogP contribution in [0.3, 0.4) is 0 Å². The zero-order valence-corrected chi connectivity index (χ0v) is 10.7. The highest BCUT2D eigenvalue weighted by atomic mass is 14.9. The summed E-state index contributed by atoms with van der Waals surface area (Å²) in [5.74, 6) is 0.800. The predicted molar refractivity (Wildman–Crippen MR) is 70.0 cm³/mol. The molecule has 0 atom stereocenters. The summed E-state index contributed by atoms with van der Waals surface area (Å²) >= 11 is 0. The van der Waals surface area contributed by atoms with Crippen molar-refractivity contribution in [3.05, 3.63) is 34.9 Å². The molecule has 1 N–H and O–H groups in total. The predicted octanol–water partition coefficient (Wildman–Crippen LogP) is 3.55. The van der Waals surface area contributed by atoms with Crippen LogP contribution in [-0.4, -0.2) is 12.6 Å². The van der Waals surface area contributed by atoms with Crippen LogP contribution in [0.15, 0.2) is 18.2 Å². The molecule has 1 aromatic carbocycles. The third-order valence-corrected chi connectivity index (χ3v) is 3.91. The number of nitrogens with one attached hydrogen (secondary N) is 1. The van der Waals surface area contributed by atoms with E-state index < -0.39 is 0 Å². The largest absolute Gasteiger partial charge is 0.314 e. The Labute approximate surface area is 99.3 Å². The minimum atomic E-state index is 0.768. The molecule has 0 heterocycles. The third kappa shape index (κ3) is 2.30. The highest BCUT2D eigenvalue weighted by Gasteiger charge is 2.30. The first-order chi connectivity index (χ1) is 7.72. The number of hydrogen-bond acceptors (Lipinski definition) is 1. The molecule has 1 heteroatoms. The SMILES string of the molecule is CCCNC1CC(c2cccc(C)c2C)C1. The Morgan fingerprint density at radius 3 is 2.69 bits per heavy atom. The van der Waals surface area contributed by atoms with E-state index in [1.54, 1.807) is 5.56 Å². The monoisotopic (exact) mass is 217 g/mol. The van der Waals surface area contributed by atoms with E-state index in [2.05, 4.69) is 44.3 Å². The molecule has 2 rings (SSSR count). The van der Waals surface area contributed by atoms with E-state index >= 15 is 0 Å². The minimum Gasteiger partial charge on any atom is -0.314 e. The molecule has 1 aliphatic rings. The summed E-state index contributed by atoms with van der Waals surface area (Å²) in [5.41, 5.74) is 4.51. The number of rotatable bonds is 4. The van der Waals surface area contributed by atoms with Gasteiger partial charge in [-0.25, -0.2) is 0 Å². The molecular weight excluding hydrogens is 194 g/mol. The van der Waals surface area contributed by atoms with E-state index in [1.165, 1.54) is 36.9 Å². The molecule has 1 aromatic rings. The lowest BCUT2D eigenvalue weighted by molar-refractivity contribution is 0.291. The Balaban J connectivity index is 1.94. The Morgan fingerprint density at radius 2 is 2.00 bits per heavy atom. The van der Waals surface area contributed by atoms with Crippen molar-refractivity contribution in [1.82, 2.24) is 5.32 Å². The topological polar surface area (TPSA) is 12.0 Å². The van der Waals surface area contributed by atoms with Gasteiger partial charge in [0.15, 0.2) is 0 Å². The molecule has 1 aliphatic carbocycles. The van der Waals surface area contributed by atoms with Gasteiger partial charge in [0.2, 0.25) is 0 Å². The van der Waals surface area contributed by atoms with Crippen LogP contribution in [0.4, 0.5) is 0 Å². The van der Waals surface area contributed by atoms with Gasteiger partial charge in [0, 0.05) is 6.04 Å². The van der Waals surface area contributed by atoms with Crippen LogP contribution in [0.1, 0.15) is 48.8 Å². The van der Waals surface area contributed by atoms with Crippen molar-refractivity contribution in [2.24, 2.45) is 0 Å². The van der Waals surface area contributed by atoms with E-state index in [1.807, 2.05) is 0 Å².